The zero-order valence-corrected chi connectivity index (χ0v) is 14.4. The number of nitrogens with zero attached hydrogens (tertiary/aromatic N) is 1. The van der Waals surface area contributed by atoms with Gasteiger partial charge in [0.1, 0.15) is 0 Å². The molecule has 23 heavy (non-hydrogen) atoms. The van der Waals surface area contributed by atoms with Gasteiger partial charge in [-0.3, -0.25) is 4.90 Å². The molecule has 1 heterocycles. The van der Waals surface area contributed by atoms with E-state index in [9.17, 15) is 14.7 Å². The van der Waals surface area contributed by atoms with E-state index in [0.717, 1.165) is 5.56 Å². The number of nitrogens with one attached hydrogen (secondary N) is 1. The molecule has 0 saturated carbocycles. The van der Waals surface area contributed by atoms with Crippen LogP contribution in [0.5, 0.6) is 0 Å². The third-order valence-electron chi connectivity index (χ3n) is 3.52. The van der Waals surface area contributed by atoms with Crippen molar-refractivity contribution in [1.29, 1.82) is 0 Å². The summed E-state index contributed by atoms with van der Waals surface area (Å²) >= 11 is 3.34. The molecule has 2 rings (SSSR count). The van der Waals surface area contributed by atoms with E-state index < -0.39 is 12.0 Å². The monoisotopic (exact) mass is 382 g/mol. The van der Waals surface area contributed by atoms with E-state index in [-0.39, 0.29) is 25.8 Å². The normalized spacial score (nSPS) is 18.0. The zero-order chi connectivity index (χ0) is 16.8. The largest absolute Gasteiger partial charge is 0.463 e. The van der Waals surface area contributed by atoms with Gasteiger partial charge in [-0.05, 0) is 12.5 Å². The van der Waals surface area contributed by atoms with Crippen molar-refractivity contribution < 1.29 is 19.4 Å². The van der Waals surface area contributed by atoms with E-state index in [1.54, 1.807) is 6.92 Å². The molecule has 124 valence electrons. The molecule has 1 aliphatic rings. The van der Waals surface area contributed by atoms with Crippen LogP contribution in [0.3, 0.4) is 0 Å². The zero-order valence-electron chi connectivity index (χ0n) is 12.8. The minimum atomic E-state index is -0.578. The molecule has 0 saturated heterocycles. The summed E-state index contributed by atoms with van der Waals surface area (Å²) in [6, 6.07) is 8.32. The number of amides is 2. The molecule has 6 nitrogen and oxygen atoms in total. The Labute approximate surface area is 143 Å². The second kappa shape index (κ2) is 8.12. The topological polar surface area (TPSA) is 78.9 Å². The first-order valence-corrected chi connectivity index (χ1v) is 8.46. The lowest BCUT2D eigenvalue weighted by atomic mass is 9.95. The first kappa shape index (κ1) is 17.5. The van der Waals surface area contributed by atoms with Gasteiger partial charge in [-0.25, -0.2) is 9.59 Å². The maximum Gasteiger partial charge on any atom is 0.338 e. The molecule has 2 N–H and O–H groups in total. The molecule has 0 radical (unpaired) electrons. The lowest BCUT2D eigenvalue weighted by Gasteiger charge is -2.35. The van der Waals surface area contributed by atoms with Crippen LogP contribution in [-0.2, 0) is 9.53 Å². The second-order valence-corrected chi connectivity index (χ2v) is 5.44. The van der Waals surface area contributed by atoms with Gasteiger partial charge in [-0.2, -0.15) is 0 Å². The number of esters is 1. The number of β-amino-alcohol motifs (C(OH)–C–C–N with tert-alkyl or cyclic N) is 1. The van der Waals surface area contributed by atoms with Crippen LogP contribution < -0.4 is 5.32 Å². The van der Waals surface area contributed by atoms with Crippen LogP contribution in [-0.4, -0.2) is 47.1 Å². The number of hydrogen-bond acceptors (Lipinski definition) is 4. The number of carbonyl (C=O) groups is 2. The fourth-order valence-electron chi connectivity index (χ4n) is 2.53. The van der Waals surface area contributed by atoms with Crippen molar-refractivity contribution in [2.24, 2.45) is 0 Å². The van der Waals surface area contributed by atoms with Crippen molar-refractivity contribution in [2.75, 3.05) is 25.1 Å². The molecule has 0 bridgehead atoms. The fraction of sp³-hybridized carbons (Fsp3) is 0.375. The number of halogens is 1. The third-order valence-corrected chi connectivity index (χ3v) is 4.05. The number of hydrogen-bond donors (Lipinski definition) is 2. The molecular formula is C16H19BrN2O4. The Morgan fingerprint density at radius 1 is 1.39 bits per heavy atom. The molecule has 1 atom stereocenters. The van der Waals surface area contributed by atoms with Crippen LogP contribution in [0, 0.1) is 0 Å². The summed E-state index contributed by atoms with van der Waals surface area (Å²) in [6.45, 7) is 1.89. The predicted molar refractivity (Wildman–Crippen MR) is 89.0 cm³/mol. The highest BCUT2D eigenvalue weighted by atomic mass is 79.9. The maximum atomic E-state index is 12.5. The Balaban J connectivity index is 2.54. The lowest BCUT2D eigenvalue weighted by molar-refractivity contribution is -0.139. The Hall–Kier alpha value is -1.86. The van der Waals surface area contributed by atoms with E-state index >= 15 is 0 Å². The van der Waals surface area contributed by atoms with Crippen LogP contribution in [0.2, 0.25) is 0 Å². The van der Waals surface area contributed by atoms with Gasteiger partial charge in [0.05, 0.1) is 31.4 Å². The summed E-state index contributed by atoms with van der Waals surface area (Å²) < 4.78 is 5.17. The molecule has 0 spiro atoms. The minimum absolute atomic E-state index is 0.108. The van der Waals surface area contributed by atoms with Gasteiger partial charge in [0.2, 0.25) is 0 Å². The second-order valence-electron chi connectivity index (χ2n) is 4.88. The molecule has 2 amide bonds. The molecular weight excluding hydrogens is 364 g/mol. The Morgan fingerprint density at radius 2 is 2.09 bits per heavy atom. The maximum absolute atomic E-state index is 12.5. The molecule has 0 fully saturated rings. The Bertz CT molecular complexity index is 603. The van der Waals surface area contributed by atoms with Crippen molar-refractivity contribution in [3.8, 4) is 0 Å². The molecule has 7 heteroatoms. The van der Waals surface area contributed by atoms with Crippen molar-refractivity contribution >= 4 is 27.9 Å². The minimum Gasteiger partial charge on any atom is -0.463 e. The fourth-order valence-corrected chi connectivity index (χ4v) is 3.13. The quantitative estimate of drug-likeness (QED) is 0.582. The SMILES string of the molecule is CCOC(=O)C1=C(CBr)N(CCO)C(=O)NC1c1ccccc1. The summed E-state index contributed by atoms with van der Waals surface area (Å²) in [5.41, 5.74) is 1.68. The molecule has 1 aromatic rings. The van der Waals surface area contributed by atoms with Gasteiger partial charge >= 0.3 is 12.0 Å². The number of aliphatic hydroxyl groups excluding tert-OH is 1. The van der Waals surface area contributed by atoms with Gasteiger partial charge in [0.15, 0.2) is 0 Å². The highest BCUT2D eigenvalue weighted by Crippen LogP contribution is 2.32. The standard InChI is InChI=1S/C16H19BrN2O4/c1-2-23-15(21)13-12(10-17)19(8-9-20)16(22)18-14(13)11-6-4-3-5-7-11/h3-7,14,20H,2,8-10H2,1H3,(H,18,22). The van der Waals surface area contributed by atoms with E-state index in [1.165, 1.54) is 4.90 Å². The first-order chi connectivity index (χ1) is 11.1. The average Bonchev–Trinajstić information content (AvgIpc) is 2.57. The number of benzene rings is 1. The number of alkyl halides is 1. The van der Waals surface area contributed by atoms with Crippen LogP contribution in [0.4, 0.5) is 4.79 Å². The molecule has 1 aromatic carbocycles. The van der Waals surface area contributed by atoms with Gasteiger partial charge in [0, 0.05) is 11.0 Å². The predicted octanol–water partition coefficient (Wildman–Crippen LogP) is 1.96. The molecule has 1 aliphatic heterocycles. The van der Waals surface area contributed by atoms with Crippen molar-refractivity contribution in [1.82, 2.24) is 10.2 Å². The van der Waals surface area contributed by atoms with Crippen LogP contribution in [0.1, 0.15) is 18.5 Å². The van der Waals surface area contributed by atoms with E-state index in [1.807, 2.05) is 30.3 Å². The van der Waals surface area contributed by atoms with Crippen LogP contribution in [0.25, 0.3) is 0 Å². The number of ether oxygens (including phenoxy) is 1. The van der Waals surface area contributed by atoms with Crippen molar-refractivity contribution in [3.63, 3.8) is 0 Å². The summed E-state index contributed by atoms with van der Waals surface area (Å²) in [4.78, 5) is 26.2. The number of aliphatic hydroxyl groups is 1. The lowest BCUT2D eigenvalue weighted by Crippen LogP contribution is -2.49. The number of allylic oxidation sites excluding steroid dienone is 1. The van der Waals surface area contributed by atoms with Gasteiger partial charge in [0.25, 0.3) is 0 Å². The first-order valence-electron chi connectivity index (χ1n) is 7.34. The summed E-state index contributed by atoms with van der Waals surface area (Å²) in [5, 5.41) is 12.3. The summed E-state index contributed by atoms with van der Waals surface area (Å²) in [6.07, 6.45) is 0. The van der Waals surface area contributed by atoms with Gasteiger partial charge in [-0.15, -0.1) is 0 Å². The highest BCUT2D eigenvalue weighted by Gasteiger charge is 2.37. The Morgan fingerprint density at radius 3 is 2.65 bits per heavy atom. The smallest absolute Gasteiger partial charge is 0.338 e. The summed E-state index contributed by atoms with van der Waals surface area (Å²) in [7, 11) is 0. The molecule has 0 aliphatic carbocycles. The number of urea groups is 1. The van der Waals surface area contributed by atoms with Crippen LogP contribution in [0.15, 0.2) is 41.6 Å². The molecule has 0 aromatic heterocycles. The van der Waals surface area contributed by atoms with Gasteiger partial charge < -0.3 is 15.2 Å². The van der Waals surface area contributed by atoms with Crippen molar-refractivity contribution in [2.45, 2.75) is 13.0 Å². The summed E-state index contributed by atoms with van der Waals surface area (Å²) in [5.74, 6) is -0.473. The van der Waals surface area contributed by atoms with E-state index in [2.05, 4.69) is 21.2 Å². The number of rotatable bonds is 6. The van der Waals surface area contributed by atoms with Crippen LogP contribution >= 0.6 is 15.9 Å². The van der Waals surface area contributed by atoms with Gasteiger partial charge in [-0.1, -0.05) is 46.3 Å². The third kappa shape index (κ3) is 3.73. The molecule has 1 unspecified atom stereocenters. The van der Waals surface area contributed by atoms with E-state index in [0.29, 0.717) is 16.6 Å². The average molecular weight is 383 g/mol. The highest BCUT2D eigenvalue weighted by molar-refractivity contribution is 9.09. The Kier molecular flexibility index (Phi) is 6.18. The number of carbonyl (C=O) groups excluding carboxylic acids is 2. The van der Waals surface area contributed by atoms with E-state index in [4.69, 9.17) is 4.74 Å². The van der Waals surface area contributed by atoms with Crippen molar-refractivity contribution in [3.05, 3.63) is 47.2 Å².